The van der Waals surface area contributed by atoms with Crippen molar-refractivity contribution in [3.8, 4) is 0 Å². The summed E-state index contributed by atoms with van der Waals surface area (Å²) in [6, 6.07) is 1.51. The first-order valence-corrected chi connectivity index (χ1v) is 10.3. The number of methoxy groups -OCH3 is 1. The molecule has 1 fully saturated rings. The summed E-state index contributed by atoms with van der Waals surface area (Å²) < 4.78 is 36.9. The molecule has 0 aromatic carbocycles. The van der Waals surface area contributed by atoms with Gasteiger partial charge in [0.1, 0.15) is 9.77 Å². The van der Waals surface area contributed by atoms with Crippen LogP contribution in [0.3, 0.4) is 0 Å². The number of ether oxygens (including phenoxy) is 2. The summed E-state index contributed by atoms with van der Waals surface area (Å²) >= 11 is 1.15. The lowest BCUT2D eigenvalue weighted by atomic mass is 10.4. The summed E-state index contributed by atoms with van der Waals surface area (Å²) in [4.78, 5) is 12.6. The minimum Gasteiger partial charge on any atom is -0.382 e. The van der Waals surface area contributed by atoms with Gasteiger partial charge in [-0.3, -0.25) is 4.79 Å². The molecule has 0 atom stereocenters. The smallest absolute Gasteiger partial charge is 0.262 e. The maximum atomic E-state index is 12.6. The highest BCUT2D eigenvalue weighted by atomic mass is 32.2. The van der Waals surface area contributed by atoms with Crippen LogP contribution in [0.5, 0.6) is 0 Å². The summed E-state index contributed by atoms with van der Waals surface area (Å²) in [5, 5.41) is 4.40. The summed E-state index contributed by atoms with van der Waals surface area (Å²) in [6.45, 7) is 3.07. The largest absolute Gasteiger partial charge is 0.382 e. The molecule has 0 saturated carbocycles. The molecule has 7 nitrogen and oxygen atoms in total. The maximum absolute atomic E-state index is 12.6. The molecule has 2 heterocycles. The molecule has 2 rings (SSSR count). The molecule has 24 heavy (non-hydrogen) atoms. The quantitative estimate of drug-likeness (QED) is 0.623. The first-order chi connectivity index (χ1) is 11.6. The third-order valence-electron chi connectivity index (χ3n) is 3.70. The van der Waals surface area contributed by atoms with Crippen molar-refractivity contribution in [2.45, 2.75) is 24.2 Å². The average Bonchev–Trinajstić information content (AvgIpc) is 3.25. The lowest BCUT2D eigenvalue weighted by Crippen LogP contribution is -2.31. The van der Waals surface area contributed by atoms with Crippen molar-refractivity contribution in [1.29, 1.82) is 0 Å². The van der Waals surface area contributed by atoms with Crippen LogP contribution in [0.25, 0.3) is 0 Å². The van der Waals surface area contributed by atoms with E-state index in [1.54, 1.807) is 12.5 Å². The number of thiophene rings is 1. The van der Waals surface area contributed by atoms with Gasteiger partial charge in [-0.2, -0.15) is 4.31 Å². The van der Waals surface area contributed by atoms with Gasteiger partial charge in [-0.25, -0.2) is 8.42 Å². The van der Waals surface area contributed by atoms with Crippen molar-refractivity contribution >= 4 is 27.3 Å². The Morgan fingerprint density at radius 1 is 1.29 bits per heavy atom. The molecule has 0 bridgehead atoms. The number of carbonyl (C=O) groups is 1. The van der Waals surface area contributed by atoms with Gasteiger partial charge in [0.05, 0.1) is 13.2 Å². The predicted octanol–water partition coefficient (Wildman–Crippen LogP) is 1.32. The standard InChI is InChI=1S/C15H24N2O5S2/c1-21-10-11-22-9-4-6-16-15(18)14-13(5-12-23-14)24(19,20)17-7-2-3-8-17/h5,12H,2-4,6-11H2,1H3,(H,16,18). The molecule has 0 unspecified atom stereocenters. The number of sulfonamides is 1. The van der Waals surface area contributed by atoms with E-state index in [1.807, 2.05) is 0 Å². The molecular weight excluding hydrogens is 352 g/mol. The lowest BCUT2D eigenvalue weighted by molar-refractivity contribution is 0.0688. The zero-order valence-electron chi connectivity index (χ0n) is 13.8. The van der Waals surface area contributed by atoms with Crippen molar-refractivity contribution in [2.24, 2.45) is 0 Å². The van der Waals surface area contributed by atoms with E-state index in [2.05, 4.69) is 5.32 Å². The van der Waals surface area contributed by atoms with Crippen molar-refractivity contribution in [1.82, 2.24) is 9.62 Å². The average molecular weight is 377 g/mol. The fourth-order valence-corrected chi connectivity index (χ4v) is 5.27. The van der Waals surface area contributed by atoms with Crippen LogP contribution < -0.4 is 5.32 Å². The SMILES string of the molecule is COCCOCCCNC(=O)c1sccc1S(=O)(=O)N1CCCC1. The van der Waals surface area contributed by atoms with Gasteiger partial charge in [-0.1, -0.05) is 0 Å². The first-order valence-electron chi connectivity index (χ1n) is 8.00. The zero-order chi connectivity index (χ0) is 17.4. The molecule has 1 aromatic rings. The summed E-state index contributed by atoms with van der Waals surface area (Å²) in [7, 11) is -1.96. The predicted molar refractivity (Wildman–Crippen MR) is 92.0 cm³/mol. The maximum Gasteiger partial charge on any atom is 0.262 e. The van der Waals surface area contributed by atoms with Crippen LogP contribution in [-0.4, -0.2) is 65.2 Å². The Labute approximate surface area is 147 Å². The Balaban J connectivity index is 1.86. The van der Waals surface area contributed by atoms with Crippen LogP contribution in [0.2, 0.25) is 0 Å². The van der Waals surface area contributed by atoms with Crippen molar-refractivity contribution in [3.63, 3.8) is 0 Å². The van der Waals surface area contributed by atoms with Crippen molar-refractivity contribution < 1.29 is 22.7 Å². The van der Waals surface area contributed by atoms with Gasteiger partial charge in [0.15, 0.2) is 0 Å². The van der Waals surface area contributed by atoms with E-state index in [1.165, 1.54) is 10.4 Å². The van der Waals surface area contributed by atoms with Crippen LogP contribution >= 0.6 is 11.3 Å². The van der Waals surface area contributed by atoms with E-state index in [4.69, 9.17) is 9.47 Å². The Bertz CT molecular complexity index is 624. The Morgan fingerprint density at radius 2 is 2.04 bits per heavy atom. The van der Waals surface area contributed by atoms with Gasteiger partial charge >= 0.3 is 0 Å². The molecule has 0 radical (unpaired) electrons. The molecular formula is C15H24N2O5S2. The van der Waals surface area contributed by atoms with Crippen LogP contribution in [-0.2, 0) is 19.5 Å². The highest BCUT2D eigenvalue weighted by Crippen LogP contribution is 2.27. The second-order valence-corrected chi connectivity index (χ2v) is 8.26. The Kier molecular flexibility index (Phi) is 7.63. The number of hydrogen-bond acceptors (Lipinski definition) is 6. The second kappa shape index (κ2) is 9.47. The van der Waals surface area contributed by atoms with Gasteiger partial charge in [0.25, 0.3) is 5.91 Å². The van der Waals surface area contributed by atoms with Crippen LogP contribution in [0.15, 0.2) is 16.3 Å². The molecule has 0 aliphatic carbocycles. The number of carbonyl (C=O) groups excluding carboxylic acids is 1. The molecule has 1 aliphatic heterocycles. The van der Waals surface area contributed by atoms with Crippen LogP contribution in [0.4, 0.5) is 0 Å². The van der Waals surface area contributed by atoms with Crippen molar-refractivity contribution in [2.75, 3.05) is 46.6 Å². The van der Waals surface area contributed by atoms with Gasteiger partial charge in [0, 0.05) is 33.4 Å². The zero-order valence-corrected chi connectivity index (χ0v) is 15.5. The lowest BCUT2D eigenvalue weighted by Gasteiger charge is -2.15. The van der Waals surface area contributed by atoms with E-state index in [9.17, 15) is 13.2 Å². The highest BCUT2D eigenvalue weighted by Gasteiger charge is 2.31. The molecule has 1 aliphatic rings. The van der Waals surface area contributed by atoms with Crippen LogP contribution in [0, 0.1) is 0 Å². The third kappa shape index (κ3) is 5.00. The third-order valence-corrected chi connectivity index (χ3v) is 6.68. The molecule has 1 saturated heterocycles. The van der Waals surface area contributed by atoms with E-state index >= 15 is 0 Å². The van der Waals surface area contributed by atoms with Gasteiger partial charge < -0.3 is 14.8 Å². The summed E-state index contributed by atoms with van der Waals surface area (Å²) in [5.41, 5.74) is 0. The molecule has 1 N–H and O–H groups in total. The molecule has 1 amide bonds. The first kappa shape index (κ1) is 19.3. The summed E-state index contributed by atoms with van der Waals surface area (Å²) in [6.07, 6.45) is 2.40. The number of rotatable bonds is 10. The number of nitrogens with one attached hydrogen (secondary N) is 1. The fraction of sp³-hybridized carbons (Fsp3) is 0.667. The van der Waals surface area contributed by atoms with Crippen LogP contribution in [0.1, 0.15) is 28.9 Å². The van der Waals surface area contributed by atoms with E-state index in [0.29, 0.717) is 45.9 Å². The topological polar surface area (TPSA) is 84.9 Å². The second-order valence-electron chi connectivity index (χ2n) is 5.44. The van der Waals surface area contributed by atoms with Gasteiger partial charge in [-0.15, -0.1) is 11.3 Å². The summed E-state index contributed by atoms with van der Waals surface area (Å²) in [5.74, 6) is -0.348. The molecule has 1 aromatic heterocycles. The number of hydrogen-bond donors (Lipinski definition) is 1. The van der Waals surface area contributed by atoms with E-state index in [0.717, 1.165) is 24.2 Å². The fourth-order valence-electron chi connectivity index (χ4n) is 2.43. The Morgan fingerprint density at radius 3 is 2.75 bits per heavy atom. The number of amides is 1. The minimum absolute atomic E-state index is 0.114. The van der Waals surface area contributed by atoms with E-state index in [-0.39, 0.29) is 15.7 Å². The van der Waals surface area contributed by atoms with Gasteiger partial charge in [0.2, 0.25) is 10.0 Å². The molecule has 9 heteroatoms. The van der Waals surface area contributed by atoms with E-state index < -0.39 is 10.0 Å². The van der Waals surface area contributed by atoms with Crippen molar-refractivity contribution in [3.05, 3.63) is 16.3 Å². The Hall–Kier alpha value is -1.00. The van der Waals surface area contributed by atoms with Gasteiger partial charge in [-0.05, 0) is 30.7 Å². The monoisotopic (exact) mass is 376 g/mol. The highest BCUT2D eigenvalue weighted by molar-refractivity contribution is 7.89. The normalized spacial score (nSPS) is 15.7. The molecule has 136 valence electrons. The molecule has 0 spiro atoms. The number of nitrogens with zero attached hydrogens (tertiary/aromatic N) is 1. The minimum atomic E-state index is -3.57.